The minimum Gasteiger partial charge on any atom is -0.494 e. The van der Waals surface area contributed by atoms with E-state index in [0.29, 0.717) is 6.04 Å². The molecule has 3 rings (SSSR count). The Kier molecular flexibility index (Phi) is 4.59. The van der Waals surface area contributed by atoms with E-state index in [1.54, 1.807) is 0 Å². The monoisotopic (exact) mass is 304 g/mol. The van der Waals surface area contributed by atoms with Crippen molar-refractivity contribution >= 4 is 0 Å². The van der Waals surface area contributed by atoms with Crippen molar-refractivity contribution in [1.29, 1.82) is 0 Å². The minimum atomic E-state index is -0.00101. The van der Waals surface area contributed by atoms with Gasteiger partial charge in [0.15, 0.2) is 0 Å². The highest BCUT2D eigenvalue weighted by Crippen LogP contribution is 2.46. The van der Waals surface area contributed by atoms with Gasteiger partial charge in [-0.25, -0.2) is 0 Å². The van der Waals surface area contributed by atoms with Gasteiger partial charge < -0.3 is 19.7 Å². The third-order valence-electron chi connectivity index (χ3n) is 4.84. The second-order valence-electron chi connectivity index (χ2n) is 6.77. The predicted molar refractivity (Wildman–Crippen MR) is 88.7 cm³/mol. The van der Waals surface area contributed by atoms with Crippen LogP contribution in [-0.2, 0) is 0 Å². The molecule has 1 atom stereocenters. The summed E-state index contributed by atoms with van der Waals surface area (Å²) < 4.78 is 12.3. The van der Waals surface area contributed by atoms with Crippen molar-refractivity contribution in [1.82, 2.24) is 10.2 Å². The van der Waals surface area contributed by atoms with Crippen molar-refractivity contribution < 1.29 is 9.47 Å². The maximum Gasteiger partial charge on any atom is 0.125 e. The van der Waals surface area contributed by atoms with Gasteiger partial charge in [-0.1, -0.05) is 6.92 Å². The fourth-order valence-electron chi connectivity index (χ4n) is 3.58. The number of nitrogens with zero attached hydrogens (tertiary/aromatic N) is 1. The molecule has 0 saturated carbocycles. The van der Waals surface area contributed by atoms with Crippen molar-refractivity contribution in [2.75, 3.05) is 33.8 Å². The summed E-state index contributed by atoms with van der Waals surface area (Å²) in [6.07, 6.45) is 4.27. The Morgan fingerprint density at radius 3 is 2.77 bits per heavy atom. The Labute approximate surface area is 133 Å². The highest BCUT2D eigenvalue weighted by molar-refractivity contribution is 5.44. The number of fused-ring (bicyclic) bond motifs is 1. The molecule has 122 valence electrons. The van der Waals surface area contributed by atoms with Crippen molar-refractivity contribution in [3.8, 4) is 11.5 Å². The molecular weight excluding hydrogens is 276 g/mol. The van der Waals surface area contributed by atoms with Crippen LogP contribution in [0.3, 0.4) is 0 Å². The Hall–Kier alpha value is -1.26. The smallest absolute Gasteiger partial charge is 0.125 e. The summed E-state index contributed by atoms with van der Waals surface area (Å²) in [7, 11) is 4.32. The van der Waals surface area contributed by atoms with Gasteiger partial charge in [0.25, 0.3) is 0 Å². The average molecular weight is 304 g/mol. The Bertz CT molecular complexity index is 510. The molecule has 0 radical (unpaired) electrons. The van der Waals surface area contributed by atoms with Crippen molar-refractivity contribution in [3.05, 3.63) is 23.8 Å². The van der Waals surface area contributed by atoms with Crippen molar-refractivity contribution in [2.45, 2.75) is 44.2 Å². The molecule has 2 heterocycles. The first kappa shape index (κ1) is 15.6. The van der Waals surface area contributed by atoms with Crippen LogP contribution in [0.15, 0.2) is 18.2 Å². The van der Waals surface area contributed by atoms with Gasteiger partial charge in [0, 0.05) is 18.0 Å². The van der Waals surface area contributed by atoms with Gasteiger partial charge in [-0.15, -0.1) is 0 Å². The van der Waals surface area contributed by atoms with Crippen LogP contribution in [0.2, 0.25) is 0 Å². The molecule has 1 saturated heterocycles. The lowest BCUT2D eigenvalue weighted by Gasteiger charge is -2.46. The van der Waals surface area contributed by atoms with E-state index in [1.165, 1.54) is 5.56 Å². The van der Waals surface area contributed by atoms with Crippen LogP contribution in [0.25, 0.3) is 0 Å². The number of benzene rings is 1. The number of nitrogens with one attached hydrogen (secondary N) is 1. The summed E-state index contributed by atoms with van der Waals surface area (Å²) >= 11 is 0. The number of hydrogen-bond donors (Lipinski definition) is 1. The van der Waals surface area contributed by atoms with E-state index in [2.05, 4.69) is 43.4 Å². The predicted octanol–water partition coefficient (Wildman–Crippen LogP) is 2.98. The molecule has 4 nitrogen and oxygen atoms in total. The second kappa shape index (κ2) is 6.47. The lowest BCUT2D eigenvalue weighted by atomic mass is 9.80. The fourth-order valence-corrected chi connectivity index (χ4v) is 3.58. The van der Waals surface area contributed by atoms with Gasteiger partial charge in [0.2, 0.25) is 0 Å². The van der Waals surface area contributed by atoms with E-state index in [9.17, 15) is 0 Å². The average Bonchev–Trinajstić information content (AvgIpc) is 2.53. The zero-order valence-electron chi connectivity index (χ0n) is 14.0. The molecule has 1 unspecified atom stereocenters. The lowest BCUT2D eigenvalue weighted by Crippen LogP contribution is -2.50. The largest absolute Gasteiger partial charge is 0.494 e. The Morgan fingerprint density at radius 1 is 1.32 bits per heavy atom. The number of ether oxygens (including phenoxy) is 2. The van der Waals surface area contributed by atoms with Crippen LogP contribution < -0.4 is 14.8 Å². The van der Waals surface area contributed by atoms with Crippen LogP contribution in [0, 0.1) is 0 Å². The molecule has 1 fully saturated rings. The van der Waals surface area contributed by atoms with E-state index in [4.69, 9.17) is 9.47 Å². The number of piperidine rings is 1. The molecule has 1 aromatic rings. The first-order valence-corrected chi connectivity index (χ1v) is 8.46. The molecule has 22 heavy (non-hydrogen) atoms. The SMILES string of the molecule is CCCOc1ccc2c(c1)C(N(C)C)CC1(CCNCC1)O2. The van der Waals surface area contributed by atoms with Crippen LogP contribution in [-0.4, -0.2) is 44.3 Å². The zero-order valence-corrected chi connectivity index (χ0v) is 14.0. The third kappa shape index (κ3) is 3.08. The van der Waals surface area contributed by atoms with Crippen molar-refractivity contribution in [2.24, 2.45) is 0 Å². The summed E-state index contributed by atoms with van der Waals surface area (Å²) in [6, 6.07) is 6.71. The molecule has 2 aliphatic rings. The Morgan fingerprint density at radius 2 is 2.09 bits per heavy atom. The molecule has 0 aliphatic carbocycles. The van der Waals surface area contributed by atoms with Crippen LogP contribution in [0.1, 0.15) is 44.2 Å². The summed E-state index contributed by atoms with van der Waals surface area (Å²) in [6.45, 7) is 4.99. The van der Waals surface area contributed by atoms with E-state index < -0.39 is 0 Å². The molecule has 0 bridgehead atoms. The summed E-state index contributed by atoms with van der Waals surface area (Å²) in [4.78, 5) is 2.31. The molecule has 0 aromatic heterocycles. The maximum absolute atomic E-state index is 6.48. The van der Waals surface area contributed by atoms with Crippen LogP contribution in [0.5, 0.6) is 11.5 Å². The van der Waals surface area contributed by atoms with Gasteiger partial charge in [0.1, 0.15) is 17.1 Å². The zero-order chi connectivity index (χ0) is 15.6. The molecule has 1 spiro atoms. The fraction of sp³-hybridized carbons (Fsp3) is 0.667. The highest BCUT2D eigenvalue weighted by atomic mass is 16.5. The molecular formula is C18H28N2O2. The quantitative estimate of drug-likeness (QED) is 0.927. The second-order valence-corrected chi connectivity index (χ2v) is 6.77. The lowest BCUT2D eigenvalue weighted by molar-refractivity contribution is -0.0119. The van der Waals surface area contributed by atoms with Crippen molar-refractivity contribution in [3.63, 3.8) is 0 Å². The highest BCUT2D eigenvalue weighted by Gasteiger charge is 2.42. The molecule has 1 N–H and O–H groups in total. The van der Waals surface area contributed by atoms with Gasteiger partial charge >= 0.3 is 0 Å². The number of rotatable bonds is 4. The van der Waals surface area contributed by atoms with Crippen LogP contribution in [0.4, 0.5) is 0 Å². The molecule has 0 amide bonds. The topological polar surface area (TPSA) is 33.7 Å². The van der Waals surface area contributed by atoms with Crippen LogP contribution >= 0.6 is 0 Å². The molecule has 1 aromatic carbocycles. The van der Waals surface area contributed by atoms with E-state index in [-0.39, 0.29) is 5.60 Å². The first-order chi connectivity index (χ1) is 10.6. The normalized spacial score (nSPS) is 23.2. The van der Waals surface area contributed by atoms with Gasteiger partial charge in [-0.05, 0) is 64.6 Å². The minimum absolute atomic E-state index is 0.00101. The maximum atomic E-state index is 6.48. The van der Waals surface area contributed by atoms with E-state index in [0.717, 1.165) is 56.9 Å². The summed E-state index contributed by atoms with van der Waals surface area (Å²) in [5, 5.41) is 3.44. The standard InChI is InChI=1S/C18H28N2O2/c1-4-11-21-14-5-6-17-15(12-14)16(20(2)3)13-18(22-17)7-9-19-10-8-18/h5-6,12,16,19H,4,7-11,13H2,1-3H3. The molecule has 4 heteroatoms. The summed E-state index contributed by atoms with van der Waals surface area (Å²) in [5.41, 5.74) is 1.27. The molecule has 2 aliphatic heterocycles. The summed E-state index contributed by atoms with van der Waals surface area (Å²) in [5.74, 6) is 1.99. The van der Waals surface area contributed by atoms with Gasteiger partial charge in [-0.2, -0.15) is 0 Å². The Balaban J connectivity index is 1.90. The van der Waals surface area contributed by atoms with E-state index >= 15 is 0 Å². The van der Waals surface area contributed by atoms with E-state index in [1.807, 2.05) is 6.07 Å². The first-order valence-electron chi connectivity index (χ1n) is 8.46. The van der Waals surface area contributed by atoms with Gasteiger partial charge in [0.05, 0.1) is 6.61 Å². The number of hydrogen-bond acceptors (Lipinski definition) is 4. The van der Waals surface area contributed by atoms with Gasteiger partial charge in [-0.3, -0.25) is 0 Å². The third-order valence-corrected chi connectivity index (χ3v) is 4.84.